The van der Waals surface area contributed by atoms with E-state index in [0.717, 1.165) is 25.0 Å². The molecule has 0 aromatic heterocycles. The highest BCUT2D eigenvalue weighted by atomic mass is 16.2. The number of hydrazone groups is 1. The molecule has 0 saturated heterocycles. The lowest BCUT2D eigenvalue weighted by molar-refractivity contribution is 0.249. The van der Waals surface area contributed by atoms with Crippen LogP contribution in [0.15, 0.2) is 17.3 Å². The molecule has 3 N–H and O–H groups in total. The van der Waals surface area contributed by atoms with Crippen LogP contribution in [-0.2, 0) is 0 Å². The fourth-order valence-corrected chi connectivity index (χ4v) is 1.66. The van der Waals surface area contributed by atoms with Gasteiger partial charge in [0.1, 0.15) is 0 Å². The van der Waals surface area contributed by atoms with Crippen LogP contribution in [-0.4, -0.2) is 11.7 Å². The fourth-order valence-electron chi connectivity index (χ4n) is 1.66. The molecular weight excluding hydrogens is 178 g/mol. The van der Waals surface area contributed by atoms with Crippen molar-refractivity contribution in [2.45, 2.75) is 32.6 Å². The maximum atomic E-state index is 10.4. The van der Waals surface area contributed by atoms with E-state index in [4.69, 9.17) is 5.73 Å². The van der Waals surface area contributed by atoms with Gasteiger partial charge < -0.3 is 5.73 Å². The Morgan fingerprint density at radius 3 is 3.00 bits per heavy atom. The normalized spacial score (nSPS) is 22.1. The Bertz CT molecular complexity index is 258. The van der Waals surface area contributed by atoms with Crippen molar-refractivity contribution in [3.8, 4) is 0 Å². The van der Waals surface area contributed by atoms with Crippen LogP contribution in [0.2, 0.25) is 0 Å². The van der Waals surface area contributed by atoms with Crippen molar-refractivity contribution < 1.29 is 4.79 Å². The second-order valence-electron chi connectivity index (χ2n) is 3.68. The van der Waals surface area contributed by atoms with Gasteiger partial charge in [0.25, 0.3) is 0 Å². The molecule has 2 amide bonds. The Kier molecular flexibility index (Phi) is 4.16. The van der Waals surface area contributed by atoms with Gasteiger partial charge in [-0.05, 0) is 38.5 Å². The molecule has 78 valence electrons. The van der Waals surface area contributed by atoms with Crippen LogP contribution in [0.3, 0.4) is 0 Å². The molecule has 1 aliphatic rings. The number of carbonyl (C=O) groups excluding carboxylic acids is 1. The van der Waals surface area contributed by atoms with Crippen LogP contribution in [0.5, 0.6) is 0 Å². The van der Waals surface area contributed by atoms with Crippen LogP contribution in [0.1, 0.15) is 32.6 Å². The Labute approximate surface area is 84.2 Å². The summed E-state index contributed by atoms with van der Waals surface area (Å²) in [5.41, 5.74) is 8.08. The quantitative estimate of drug-likeness (QED) is 0.402. The van der Waals surface area contributed by atoms with Crippen LogP contribution in [0, 0.1) is 5.92 Å². The van der Waals surface area contributed by atoms with Crippen molar-refractivity contribution in [2.24, 2.45) is 16.8 Å². The highest BCUT2D eigenvalue weighted by Gasteiger charge is 2.10. The summed E-state index contributed by atoms with van der Waals surface area (Å²) in [6.45, 7) is 1.91. The van der Waals surface area contributed by atoms with Gasteiger partial charge in [0, 0.05) is 5.71 Å². The van der Waals surface area contributed by atoms with Gasteiger partial charge >= 0.3 is 6.03 Å². The van der Waals surface area contributed by atoms with E-state index in [1.54, 1.807) is 0 Å². The number of nitrogens with one attached hydrogen (secondary N) is 1. The predicted molar refractivity (Wildman–Crippen MR) is 56.9 cm³/mol. The summed E-state index contributed by atoms with van der Waals surface area (Å²) in [5, 5.41) is 3.89. The maximum Gasteiger partial charge on any atom is 0.332 e. The van der Waals surface area contributed by atoms with Gasteiger partial charge in [0.15, 0.2) is 0 Å². The lowest BCUT2D eigenvalue weighted by Crippen LogP contribution is -2.25. The van der Waals surface area contributed by atoms with Crippen molar-refractivity contribution in [1.82, 2.24) is 5.43 Å². The molecule has 0 fully saturated rings. The molecule has 0 radical (unpaired) electrons. The lowest BCUT2D eigenvalue weighted by atomic mass is 9.90. The average Bonchev–Trinajstić information content (AvgIpc) is 2.16. The second kappa shape index (κ2) is 5.42. The molecule has 0 aromatic carbocycles. The van der Waals surface area contributed by atoms with E-state index in [1.165, 1.54) is 6.42 Å². The smallest absolute Gasteiger partial charge is 0.332 e. The number of allylic oxidation sites excluding steroid dienone is 2. The van der Waals surface area contributed by atoms with Crippen molar-refractivity contribution in [1.29, 1.82) is 0 Å². The molecule has 4 nitrogen and oxygen atoms in total. The number of nitrogens with two attached hydrogens (primary N) is 1. The molecule has 1 rings (SSSR count). The summed E-state index contributed by atoms with van der Waals surface area (Å²) in [6, 6.07) is -0.604. The number of rotatable bonds is 3. The van der Waals surface area contributed by atoms with Crippen LogP contribution >= 0.6 is 0 Å². The Morgan fingerprint density at radius 1 is 1.64 bits per heavy atom. The molecular formula is C10H17N3O. The third-order valence-electron chi connectivity index (χ3n) is 2.32. The first-order valence-corrected chi connectivity index (χ1v) is 4.92. The van der Waals surface area contributed by atoms with E-state index in [9.17, 15) is 4.79 Å². The van der Waals surface area contributed by atoms with Crippen molar-refractivity contribution in [2.75, 3.05) is 0 Å². The van der Waals surface area contributed by atoms with Crippen LogP contribution in [0.25, 0.3) is 0 Å². The number of amides is 2. The SMILES string of the molecule is C/C(C[C@H]1CC=CCC1)=N/NC(N)=O. The molecule has 14 heavy (non-hydrogen) atoms. The standard InChI is InChI=1S/C10H17N3O/c1-8(12-13-10(11)14)7-9-5-3-2-4-6-9/h2-3,9H,4-7H2,1H3,(H3,11,13,14)/b12-8-/t9-/m0/s1. The molecule has 4 heteroatoms. The van der Waals surface area contributed by atoms with E-state index in [1.807, 2.05) is 6.92 Å². The summed E-state index contributed by atoms with van der Waals surface area (Å²) in [7, 11) is 0. The summed E-state index contributed by atoms with van der Waals surface area (Å²) in [5.74, 6) is 0.665. The van der Waals surface area contributed by atoms with Gasteiger partial charge in [-0.1, -0.05) is 12.2 Å². The number of hydrogen-bond donors (Lipinski definition) is 2. The first-order chi connectivity index (χ1) is 6.68. The maximum absolute atomic E-state index is 10.4. The van der Waals surface area contributed by atoms with Crippen LogP contribution < -0.4 is 11.2 Å². The lowest BCUT2D eigenvalue weighted by Gasteiger charge is -2.16. The van der Waals surface area contributed by atoms with E-state index in [2.05, 4.69) is 22.7 Å². The molecule has 0 saturated carbocycles. The van der Waals surface area contributed by atoms with Crippen molar-refractivity contribution in [3.05, 3.63) is 12.2 Å². The number of primary amides is 1. The number of nitrogens with zero attached hydrogens (tertiary/aromatic N) is 1. The highest BCUT2D eigenvalue weighted by Crippen LogP contribution is 2.21. The average molecular weight is 195 g/mol. The molecule has 0 spiro atoms. The molecule has 1 aliphatic carbocycles. The van der Waals surface area contributed by atoms with E-state index >= 15 is 0 Å². The number of urea groups is 1. The second-order valence-corrected chi connectivity index (χ2v) is 3.68. The third kappa shape index (κ3) is 4.07. The molecule has 0 unspecified atom stereocenters. The first-order valence-electron chi connectivity index (χ1n) is 4.92. The minimum atomic E-state index is -0.604. The van der Waals surface area contributed by atoms with E-state index < -0.39 is 6.03 Å². The summed E-state index contributed by atoms with van der Waals surface area (Å²) in [6.07, 6.45) is 8.84. The molecule has 0 aromatic rings. The summed E-state index contributed by atoms with van der Waals surface area (Å²) in [4.78, 5) is 10.4. The molecule has 0 aliphatic heterocycles. The van der Waals surface area contributed by atoms with Crippen molar-refractivity contribution in [3.63, 3.8) is 0 Å². The fraction of sp³-hybridized carbons (Fsp3) is 0.600. The minimum absolute atomic E-state index is 0.604. The zero-order valence-corrected chi connectivity index (χ0v) is 8.49. The summed E-state index contributed by atoms with van der Waals surface area (Å²) < 4.78 is 0. The largest absolute Gasteiger partial charge is 0.350 e. The Balaban J connectivity index is 2.31. The van der Waals surface area contributed by atoms with Crippen LogP contribution in [0.4, 0.5) is 4.79 Å². The first kappa shape index (κ1) is 10.8. The molecule has 0 bridgehead atoms. The zero-order valence-electron chi connectivity index (χ0n) is 8.49. The topological polar surface area (TPSA) is 67.5 Å². The van der Waals surface area contributed by atoms with E-state index in [0.29, 0.717) is 5.92 Å². The Morgan fingerprint density at radius 2 is 2.43 bits per heavy atom. The summed E-state index contributed by atoms with van der Waals surface area (Å²) >= 11 is 0. The monoisotopic (exact) mass is 195 g/mol. The van der Waals surface area contributed by atoms with Gasteiger partial charge in [-0.3, -0.25) is 0 Å². The van der Waals surface area contributed by atoms with Crippen molar-refractivity contribution >= 4 is 11.7 Å². The van der Waals surface area contributed by atoms with Gasteiger partial charge in [0.2, 0.25) is 0 Å². The molecule has 1 atom stereocenters. The van der Waals surface area contributed by atoms with Gasteiger partial charge in [-0.2, -0.15) is 5.10 Å². The van der Waals surface area contributed by atoms with Gasteiger partial charge in [-0.25, -0.2) is 10.2 Å². The van der Waals surface area contributed by atoms with Gasteiger partial charge in [0.05, 0.1) is 0 Å². The number of carbonyl (C=O) groups is 1. The van der Waals surface area contributed by atoms with Gasteiger partial charge in [-0.15, -0.1) is 0 Å². The van der Waals surface area contributed by atoms with E-state index in [-0.39, 0.29) is 0 Å². The zero-order chi connectivity index (χ0) is 10.4. The molecule has 0 heterocycles. The number of hydrogen-bond acceptors (Lipinski definition) is 2. The Hall–Kier alpha value is -1.32. The third-order valence-corrected chi connectivity index (χ3v) is 2.32. The predicted octanol–water partition coefficient (Wildman–Crippen LogP) is 1.78. The highest BCUT2D eigenvalue weighted by molar-refractivity contribution is 5.83. The minimum Gasteiger partial charge on any atom is -0.350 e.